The minimum atomic E-state index is -4.45. The fourth-order valence-corrected chi connectivity index (χ4v) is 2.22. The van der Waals surface area contributed by atoms with E-state index in [1.807, 2.05) is 0 Å². The maximum Gasteiger partial charge on any atom is 0.416 e. The van der Waals surface area contributed by atoms with E-state index in [-0.39, 0.29) is 29.3 Å². The van der Waals surface area contributed by atoms with Crippen molar-refractivity contribution in [3.05, 3.63) is 84.0 Å². The van der Waals surface area contributed by atoms with Crippen LogP contribution in [0.5, 0.6) is 0 Å². The summed E-state index contributed by atoms with van der Waals surface area (Å²) >= 11 is 0. The van der Waals surface area contributed by atoms with Gasteiger partial charge < -0.3 is 10.6 Å². The molecule has 0 atom stereocenters. The van der Waals surface area contributed by atoms with E-state index in [1.165, 1.54) is 24.3 Å². The fourth-order valence-electron chi connectivity index (χ4n) is 2.22. The summed E-state index contributed by atoms with van der Waals surface area (Å²) in [6.07, 6.45) is -0.556. The van der Waals surface area contributed by atoms with E-state index < -0.39 is 17.6 Å². The molecule has 2 amide bonds. The number of halogens is 3. The first kappa shape index (κ1) is 20.0. The van der Waals surface area contributed by atoms with Crippen molar-refractivity contribution < 1.29 is 22.8 Å². The molecule has 0 fully saturated rings. The van der Waals surface area contributed by atoms with Gasteiger partial charge in [0.2, 0.25) is 5.91 Å². The number of anilines is 1. The lowest BCUT2D eigenvalue weighted by Crippen LogP contribution is -2.24. The van der Waals surface area contributed by atoms with Crippen molar-refractivity contribution in [3.8, 4) is 0 Å². The van der Waals surface area contributed by atoms with Crippen LogP contribution in [0.2, 0.25) is 0 Å². The molecule has 140 valence electrons. The van der Waals surface area contributed by atoms with E-state index in [4.69, 9.17) is 0 Å². The van der Waals surface area contributed by atoms with Crippen molar-refractivity contribution in [2.75, 3.05) is 11.9 Å². The highest BCUT2D eigenvalue weighted by atomic mass is 19.4. The summed E-state index contributed by atoms with van der Waals surface area (Å²) in [5, 5.41) is 5.16. The number of hydrogen-bond acceptors (Lipinski definition) is 2. The lowest BCUT2D eigenvalue weighted by molar-refractivity contribution is -0.137. The van der Waals surface area contributed by atoms with E-state index in [2.05, 4.69) is 17.2 Å². The summed E-state index contributed by atoms with van der Waals surface area (Å²) in [5.41, 5.74) is -0.01000. The zero-order valence-electron chi connectivity index (χ0n) is 14.2. The standard InChI is InChI=1S/C20H17F3N2O2/c1-2-12-24-19(27)16-8-3-4-9-17(16)25-18(26)11-10-14-6-5-7-15(13-14)20(21,22)23/h2-11,13H,1,12H2,(H,24,27)(H,25,26)/b11-10+. The molecule has 0 aliphatic rings. The van der Waals surface area contributed by atoms with Crippen LogP contribution in [0, 0.1) is 0 Å². The summed E-state index contributed by atoms with van der Waals surface area (Å²) in [7, 11) is 0. The van der Waals surface area contributed by atoms with E-state index in [0.29, 0.717) is 0 Å². The van der Waals surface area contributed by atoms with Crippen LogP contribution in [-0.2, 0) is 11.0 Å². The molecule has 7 heteroatoms. The quantitative estimate of drug-likeness (QED) is 0.586. The Morgan fingerprint density at radius 2 is 1.81 bits per heavy atom. The Balaban J connectivity index is 2.11. The lowest BCUT2D eigenvalue weighted by Gasteiger charge is -2.09. The van der Waals surface area contributed by atoms with Gasteiger partial charge in [-0.25, -0.2) is 0 Å². The molecule has 2 aromatic rings. The van der Waals surface area contributed by atoms with E-state index >= 15 is 0 Å². The maximum absolute atomic E-state index is 12.7. The topological polar surface area (TPSA) is 58.2 Å². The SMILES string of the molecule is C=CCNC(=O)c1ccccc1NC(=O)/C=C/c1cccc(C(F)(F)F)c1. The number of nitrogens with one attached hydrogen (secondary N) is 2. The van der Waals surface area contributed by atoms with Crippen LogP contribution in [0.1, 0.15) is 21.5 Å². The summed E-state index contributed by atoms with van der Waals surface area (Å²) in [6, 6.07) is 11.0. The van der Waals surface area contributed by atoms with Crippen molar-refractivity contribution in [1.29, 1.82) is 0 Å². The van der Waals surface area contributed by atoms with Gasteiger partial charge in [-0.2, -0.15) is 13.2 Å². The fraction of sp³-hybridized carbons (Fsp3) is 0.100. The number of hydrogen-bond donors (Lipinski definition) is 2. The molecular weight excluding hydrogens is 357 g/mol. The van der Waals surface area contributed by atoms with Gasteiger partial charge in [0, 0.05) is 12.6 Å². The minimum absolute atomic E-state index is 0.233. The van der Waals surface area contributed by atoms with Crippen molar-refractivity contribution in [3.63, 3.8) is 0 Å². The van der Waals surface area contributed by atoms with Crippen LogP contribution in [0.4, 0.5) is 18.9 Å². The lowest BCUT2D eigenvalue weighted by atomic mass is 10.1. The number of carbonyl (C=O) groups is 2. The number of alkyl halides is 3. The molecule has 2 N–H and O–H groups in total. The van der Waals surface area contributed by atoms with E-state index in [0.717, 1.165) is 18.2 Å². The second kappa shape index (κ2) is 8.84. The molecule has 2 rings (SSSR count). The maximum atomic E-state index is 12.7. The average Bonchev–Trinajstić information content (AvgIpc) is 2.64. The Morgan fingerprint density at radius 3 is 2.52 bits per heavy atom. The normalized spacial score (nSPS) is 11.2. The summed E-state index contributed by atoms with van der Waals surface area (Å²) in [6.45, 7) is 3.78. The predicted molar refractivity (Wildman–Crippen MR) is 98.1 cm³/mol. The summed E-state index contributed by atoms with van der Waals surface area (Å²) < 4.78 is 38.1. The molecule has 0 unspecified atom stereocenters. The molecule has 0 bridgehead atoms. The third-order valence-electron chi connectivity index (χ3n) is 3.48. The summed E-state index contributed by atoms with van der Waals surface area (Å²) in [4.78, 5) is 24.2. The number of benzene rings is 2. The van der Waals surface area contributed by atoms with Gasteiger partial charge in [0.1, 0.15) is 0 Å². The first-order chi connectivity index (χ1) is 12.8. The highest BCUT2D eigenvalue weighted by molar-refractivity contribution is 6.07. The molecule has 2 aromatic carbocycles. The third kappa shape index (κ3) is 5.85. The van der Waals surface area contributed by atoms with Crippen molar-refractivity contribution in [1.82, 2.24) is 5.32 Å². The van der Waals surface area contributed by atoms with Crippen molar-refractivity contribution >= 4 is 23.6 Å². The van der Waals surface area contributed by atoms with Crippen LogP contribution in [0.15, 0.2) is 67.3 Å². The first-order valence-corrected chi connectivity index (χ1v) is 7.95. The molecule has 0 heterocycles. The average molecular weight is 374 g/mol. The van der Waals surface area contributed by atoms with Gasteiger partial charge in [-0.1, -0.05) is 30.3 Å². The highest BCUT2D eigenvalue weighted by Crippen LogP contribution is 2.29. The van der Waals surface area contributed by atoms with Crippen LogP contribution in [0.3, 0.4) is 0 Å². The van der Waals surface area contributed by atoms with Crippen LogP contribution in [0.25, 0.3) is 6.08 Å². The molecule has 0 saturated carbocycles. The van der Waals surface area contributed by atoms with Crippen LogP contribution in [-0.4, -0.2) is 18.4 Å². The van der Waals surface area contributed by atoms with Gasteiger partial charge in [0.25, 0.3) is 5.91 Å². The Labute approximate surface area is 154 Å². The molecule has 27 heavy (non-hydrogen) atoms. The number of para-hydroxylation sites is 1. The first-order valence-electron chi connectivity index (χ1n) is 7.95. The predicted octanol–water partition coefficient (Wildman–Crippen LogP) is 4.27. The Morgan fingerprint density at radius 1 is 1.07 bits per heavy atom. The molecule has 0 spiro atoms. The second-order valence-corrected chi connectivity index (χ2v) is 5.49. The van der Waals surface area contributed by atoms with Crippen LogP contribution < -0.4 is 10.6 Å². The zero-order chi connectivity index (χ0) is 19.9. The van der Waals surface area contributed by atoms with E-state index in [9.17, 15) is 22.8 Å². The molecule has 0 saturated heterocycles. The van der Waals surface area contributed by atoms with Gasteiger partial charge >= 0.3 is 6.18 Å². The molecular formula is C20H17F3N2O2. The smallest absolute Gasteiger partial charge is 0.349 e. The third-order valence-corrected chi connectivity index (χ3v) is 3.48. The molecule has 0 aliphatic heterocycles. The number of amides is 2. The molecule has 0 aliphatic carbocycles. The zero-order valence-corrected chi connectivity index (χ0v) is 14.2. The molecule has 0 radical (unpaired) electrons. The largest absolute Gasteiger partial charge is 0.416 e. The summed E-state index contributed by atoms with van der Waals surface area (Å²) in [5.74, 6) is -0.955. The van der Waals surface area contributed by atoms with Gasteiger partial charge in [0.05, 0.1) is 16.8 Å². The van der Waals surface area contributed by atoms with E-state index in [1.54, 1.807) is 24.3 Å². The monoisotopic (exact) mass is 374 g/mol. The van der Waals surface area contributed by atoms with Crippen molar-refractivity contribution in [2.45, 2.75) is 6.18 Å². The minimum Gasteiger partial charge on any atom is -0.349 e. The second-order valence-electron chi connectivity index (χ2n) is 5.49. The van der Waals surface area contributed by atoms with Crippen LogP contribution >= 0.6 is 0 Å². The number of rotatable bonds is 6. The molecule has 0 aromatic heterocycles. The molecule has 4 nitrogen and oxygen atoms in total. The highest BCUT2D eigenvalue weighted by Gasteiger charge is 2.30. The van der Waals surface area contributed by atoms with Gasteiger partial charge in [-0.15, -0.1) is 6.58 Å². The van der Waals surface area contributed by atoms with Crippen molar-refractivity contribution in [2.24, 2.45) is 0 Å². The Hall–Kier alpha value is -3.35. The Bertz CT molecular complexity index is 874. The van der Waals surface area contributed by atoms with Gasteiger partial charge in [-0.3, -0.25) is 9.59 Å². The number of carbonyl (C=O) groups excluding carboxylic acids is 2. The van der Waals surface area contributed by atoms with Gasteiger partial charge in [-0.05, 0) is 35.9 Å². The van der Waals surface area contributed by atoms with Gasteiger partial charge in [0.15, 0.2) is 0 Å². The Kier molecular flexibility index (Phi) is 6.54.